The Morgan fingerprint density at radius 1 is 1.52 bits per heavy atom. The molecule has 162 valence electrons. The van der Waals surface area contributed by atoms with Crippen LogP contribution in [0.1, 0.15) is 33.1 Å². The number of likely N-dealkylation sites (tertiary alicyclic amines) is 1. The number of carbonyl (C=O) groups is 3. The van der Waals surface area contributed by atoms with Crippen LogP contribution in [0.2, 0.25) is 0 Å². The Morgan fingerprint density at radius 3 is 2.76 bits per heavy atom. The van der Waals surface area contributed by atoms with Crippen molar-refractivity contribution in [1.29, 1.82) is 0 Å². The fourth-order valence-electron chi connectivity index (χ4n) is 5.16. The third-order valence-electron chi connectivity index (χ3n) is 6.43. The van der Waals surface area contributed by atoms with Crippen molar-refractivity contribution in [3.63, 3.8) is 0 Å². The number of halogens is 1. The van der Waals surface area contributed by atoms with Crippen LogP contribution in [-0.2, 0) is 14.4 Å². The summed E-state index contributed by atoms with van der Waals surface area (Å²) in [6, 6.07) is -1.34. The molecule has 2 bridgehead atoms. The maximum atomic E-state index is 13.8. The summed E-state index contributed by atoms with van der Waals surface area (Å²) < 4.78 is -0.787. The SMILES string of the molecule is C=CCN(CCCC)C(=O)C1N([C@H](C)CO)C(=O)[C@@H]2[C@@H](C(=O)O)[C@@H]3SC12CC3Br. The van der Waals surface area contributed by atoms with Crippen molar-refractivity contribution in [2.24, 2.45) is 11.8 Å². The summed E-state index contributed by atoms with van der Waals surface area (Å²) in [6.45, 7) is 8.16. The number of carboxylic acids is 1. The molecule has 3 unspecified atom stereocenters. The monoisotopic (exact) mass is 488 g/mol. The van der Waals surface area contributed by atoms with Gasteiger partial charge in [-0.1, -0.05) is 35.4 Å². The van der Waals surface area contributed by atoms with Crippen molar-refractivity contribution in [1.82, 2.24) is 9.80 Å². The summed E-state index contributed by atoms with van der Waals surface area (Å²) in [5.41, 5.74) is 0. The number of hydrogen-bond donors (Lipinski definition) is 2. The Bertz CT molecular complexity index is 706. The molecule has 7 nitrogen and oxygen atoms in total. The molecule has 3 rings (SSSR count). The number of carbonyl (C=O) groups excluding carboxylic acids is 2. The van der Waals surface area contributed by atoms with E-state index in [-0.39, 0.29) is 28.5 Å². The molecule has 0 saturated carbocycles. The van der Waals surface area contributed by atoms with Crippen molar-refractivity contribution in [2.45, 2.75) is 60.0 Å². The molecule has 3 aliphatic rings. The lowest BCUT2D eigenvalue weighted by Crippen LogP contribution is -2.57. The third-order valence-corrected chi connectivity index (χ3v) is 9.65. The zero-order valence-corrected chi connectivity index (χ0v) is 19.2. The first-order chi connectivity index (χ1) is 13.7. The van der Waals surface area contributed by atoms with Crippen molar-refractivity contribution >= 4 is 45.5 Å². The molecule has 0 aromatic carbocycles. The van der Waals surface area contributed by atoms with Gasteiger partial charge in [-0.2, -0.15) is 0 Å². The predicted octanol–water partition coefficient (Wildman–Crippen LogP) is 1.73. The highest BCUT2D eigenvalue weighted by atomic mass is 79.9. The van der Waals surface area contributed by atoms with Gasteiger partial charge in [0.25, 0.3) is 0 Å². The van der Waals surface area contributed by atoms with E-state index in [1.165, 1.54) is 16.7 Å². The largest absolute Gasteiger partial charge is 0.481 e. The lowest BCUT2D eigenvalue weighted by molar-refractivity contribution is -0.149. The minimum atomic E-state index is -0.995. The molecule has 2 N–H and O–H groups in total. The second kappa shape index (κ2) is 8.59. The molecule has 1 spiro atoms. The average Bonchev–Trinajstić information content (AvgIpc) is 3.27. The van der Waals surface area contributed by atoms with Crippen LogP contribution < -0.4 is 0 Å². The lowest BCUT2D eigenvalue weighted by atomic mass is 9.71. The summed E-state index contributed by atoms with van der Waals surface area (Å²) in [5, 5.41) is 19.4. The molecule has 0 aromatic heterocycles. The van der Waals surface area contributed by atoms with Crippen LogP contribution >= 0.6 is 27.7 Å². The zero-order chi connectivity index (χ0) is 21.5. The van der Waals surface area contributed by atoms with Crippen LogP contribution in [0.3, 0.4) is 0 Å². The Hall–Kier alpha value is -1.06. The minimum Gasteiger partial charge on any atom is -0.481 e. The Morgan fingerprint density at radius 2 is 2.21 bits per heavy atom. The highest BCUT2D eigenvalue weighted by molar-refractivity contribution is 9.09. The highest BCUT2D eigenvalue weighted by Gasteiger charge is 2.76. The second-order valence-corrected chi connectivity index (χ2v) is 10.9. The summed E-state index contributed by atoms with van der Waals surface area (Å²) in [4.78, 5) is 42.4. The van der Waals surface area contributed by atoms with E-state index < -0.39 is 34.6 Å². The van der Waals surface area contributed by atoms with Gasteiger partial charge in [-0.3, -0.25) is 14.4 Å². The first-order valence-corrected chi connectivity index (χ1v) is 11.9. The molecule has 0 aliphatic carbocycles. The maximum absolute atomic E-state index is 13.8. The number of fused-ring (bicyclic) bond motifs is 1. The topological polar surface area (TPSA) is 98.2 Å². The van der Waals surface area contributed by atoms with E-state index >= 15 is 0 Å². The third kappa shape index (κ3) is 3.43. The normalized spacial score (nSPS) is 36.2. The van der Waals surface area contributed by atoms with Crippen molar-refractivity contribution in [3.05, 3.63) is 12.7 Å². The number of carboxylic acid groups (broad SMARTS) is 1. The first kappa shape index (κ1) is 22.6. The number of aliphatic hydroxyl groups is 1. The Labute approximate surface area is 184 Å². The zero-order valence-electron chi connectivity index (χ0n) is 16.8. The number of nitrogens with zero attached hydrogens (tertiary/aromatic N) is 2. The van der Waals surface area contributed by atoms with E-state index in [1.54, 1.807) is 17.9 Å². The molecule has 0 aromatic rings. The summed E-state index contributed by atoms with van der Waals surface area (Å²) in [5.74, 6) is -3.07. The van der Waals surface area contributed by atoms with Crippen molar-refractivity contribution in [3.8, 4) is 0 Å². The number of rotatable bonds is 9. The van der Waals surface area contributed by atoms with Gasteiger partial charge in [0.2, 0.25) is 11.8 Å². The molecule has 29 heavy (non-hydrogen) atoms. The number of amides is 2. The molecule has 3 aliphatic heterocycles. The van der Waals surface area contributed by atoms with Crippen molar-refractivity contribution in [2.75, 3.05) is 19.7 Å². The van der Waals surface area contributed by atoms with Gasteiger partial charge in [-0.25, -0.2) is 0 Å². The number of thioether (sulfide) groups is 1. The molecule has 3 heterocycles. The van der Waals surface area contributed by atoms with Crippen LogP contribution in [-0.4, -0.2) is 84.4 Å². The predicted molar refractivity (Wildman–Crippen MR) is 115 cm³/mol. The van der Waals surface area contributed by atoms with Crippen LogP contribution in [0.15, 0.2) is 12.7 Å². The average molecular weight is 489 g/mol. The van der Waals surface area contributed by atoms with E-state index in [0.717, 1.165) is 12.8 Å². The van der Waals surface area contributed by atoms with E-state index in [2.05, 4.69) is 22.5 Å². The van der Waals surface area contributed by atoms with Gasteiger partial charge in [0.05, 0.1) is 29.2 Å². The second-order valence-electron chi connectivity index (χ2n) is 8.21. The van der Waals surface area contributed by atoms with Gasteiger partial charge in [-0.15, -0.1) is 18.3 Å². The summed E-state index contributed by atoms with van der Waals surface area (Å²) in [7, 11) is 0. The molecule has 3 saturated heterocycles. The van der Waals surface area contributed by atoms with Gasteiger partial charge in [0, 0.05) is 23.2 Å². The van der Waals surface area contributed by atoms with Gasteiger partial charge >= 0.3 is 5.97 Å². The Kier molecular flexibility index (Phi) is 6.70. The van der Waals surface area contributed by atoms with Crippen LogP contribution in [0.25, 0.3) is 0 Å². The summed E-state index contributed by atoms with van der Waals surface area (Å²) >= 11 is 5.09. The van der Waals surface area contributed by atoms with Crippen LogP contribution in [0.4, 0.5) is 0 Å². The number of aliphatic carboxylic acids is 1. The first-order valence-electron chi connectivity index (χ1n) is 10.1. The number of alkyl halides is 1. The molecular formula is C20H29BrN2O5S. The molecule has 9 heteroatoms. The number of aliphatic hydroxyl groups excluding tert-OH is 1. The standard InChI is InChI=1S/C20H29BrN2O5S/c1-4-6-8-22(7-5-2)18(26)16-20-9-12(21)15(29-20)13(19(27)28)14(20)17(25)23(16)11(3)10-24/h5,11-16,24H,2,4,6-10H2,1,3H3,(H,27,28)/t11-,12?,13-,14+,15-,16?,20?/m1/s1. The van der Waals surface area contributed by atoms with Crippen LogP contribution in [0, 0.1) is 11.8 Å². The molecule has 2 amide bonds. The molecule has 7 atom stereocenters. The van der Waals surface area contributed by atoms with E-state index in [4.69, 9.17) is 0 Å². The molecule has 0 radical (unpaired) electrons. The van der Waals surface area contributed by atoms with Gasteiger partial charge < -0.3 is 20.0 Å². The quantitative estimate of drug-likeness (QED) is 0.378. The number of hydrogen-bond acceptors (Lipinski definition) is 5. The van der Waals surface area contributed by atoms with Gasteiger partial charge in [0.1, 0.15) is 6.04 Å². The fraction of sp³-hybridized carbons (Fsp3) is 0.750. The highest BCUT2D eigenvalue weighted by Crippen LogP contribution is 2.68. The van der Waals surface area contributed by atoms with E-state index in [1.807, 2.05) is 6.92 Å². The van der Waals surface area contributed by atoms with Gasteiger partial charge in [0.15, 0.2) is 0 Å². The van der Waals surface area contributed by atoms with Crippen LogP contribution in [0.5, 0.6) is 0 Å². The van der Waals surface area contributed by atoms with E-state index in [0.29, 0.717) is 19.5 Å². The summed E-state index contributed by atoms with van der Waals surface area (Å²) in [6.07, 6.45) is 3.99. The van der Waals surface area contributed by atoms with Gasteiger partial charge in [-0.05, 0) is 19.8 Å². The number of unbranched alkanes of at least 4 members (excludes halogenated alkanes) is 1. The maximum Gasteiger partial charge on any atom is 0.308 e. The fourth-order valence-corrected chi connectivity index (χ4v) is 8.75. The smallest absolute Gasteiger partial charge is 0.308 e. The van der Waals surface area contributed by atoms with Crippen molar-refractivity contribution < 1.29 is 24.6 Å². The lowest BCUT2D eigenvalue weighted by Gasteiger charge is -2.39. The molecular weight excluding hydrogens is 460 g/mol. The Balaban J connectivity index is 2.06. The molecule has 3 fully saturated rings. The minimum absolute atomic E-state index is 0.0687. The van der Waals surface area contributed by atoms with E-state index in [9.17, 15) is 24.6 Å².